The molecule has 0 radical (unpaired) electrons. The van der Waals surface area contributed by atoms with Gasteiger partial charge in [0.2, 0.25) is 0 Å². The Hall–Kier alpha value is -0.280. The van der Waals surface area contributed by atoms with Gasteiger partial charge in [-0.1, -0.05) is 6.92 Å². The van der Waals surface area contributed by atoms with Crippen LogP contribution in [0.5, 0.6) is 5.75 Å². The minimum Gasteiger partial charge on any atom is -0.492 e. The first kappa shape index (κ1) is 10.8. The Bertz CT molecular complexity index is 270. The Labute approximate surface area is 91.4 Å². The van der Waals surface area contributed by atoms with Crippen molar-refractivity contribution in [2.75, 3.05) is 12.5 Å². The fourth-order valence-corrected chi connectivity index (χ4v) is 1.19. The van der Waals surface area contributed by atoms with Crippen molar-refractivity contribution >= 4 is 27.5 Å². The minimum atomic E-state index is 0.362. The van der Waals surface area contributed by atoms with E-state index in [9.17, 15) is 0 Å². The van der Waals surface area contributed by atoms with Gasteiger partial charge >= 0.3 is 0 Å². The highest BCUT2D eigenvalue weighted by Gasteiger charge is 2.01. The van der Waals surface area contributed by atoms with E-state index in [1.165, 1.54) is 0 Å². The summed E-state index contributed by atoms with van der Waals surface area (Å²) in [5, 5.41) is 0. The molecular weight excluding hydrogens is 253 g/mol. The smallest absolute Gasteiger partial charge is 0.138 e. The third-order valence-electron chi connectivity index (χ3n) is 1.48. The van der Waals surface area contributed by atoms with Gasteiger partial charge < -0.3 is 4.74 Å². The molecule has 0 N–H and O–H groups in total. The van der Waals surface area contributed by atoms with Crippen molar-refractivity contribution in [1.29, 1.82) is 0 Å². The molecule has 0 aliphatic rings. The second kappa shape index (κ2) is 5.45. The predicted molar refractivity (Wildman–Crippen MR) is 57.3 cm³/mol. The number of rotatable bonds is 4. The number of nitrogens with zero attached hydrogens (tertiary/aromatic N) is 1. The number of pyridine rings is 1. The lowest BCUT2D eigenvalue weighted by atomic mass is 10.2. The second-order valence-electron chi connectivity index (χ2n) is 2.91. The lowest BCUT2D eigenvalue weighted by Crippen LogP contribution is -2.09. The average Bonchev–Trinajstić information content (AvgIpc) is 2.14. The Morgan fingerprint density at radius 3 is 3.00 bits per heavy atom. The minimum absolute atomic E-state index is 0.362. The Kier molecular flexibility index (Phi) is 4.53. The zero-order valence-electron chi connectivity index (χ0n) is 7.34. The number of hydrogen-bond acceptors (Lipinski definition) is 2. The number of aromatic nitrogens is 1. The van der Waals surface area contributed by atoms with Gasteiger partial charge in [0.15, 0.2) is 0 Å². The fraction of sp³-hybridized carbons (Fsp3) is 0.444. The van der Waals surface area contributed by atoms with Gasteiger partial charge in [0, 0.05) is 22.5 Å². The lowest BCUT2D eigenvalue weighted by molar-refractivity contribution is 0.271. The van der Waals surface area contributed by atoms with E-state index in [0.717, 1.165) is 10.2 Å². The predicted octanol–water partition coefficient (Wildman–Crippen LogP) is 3.10. The Balaban J connectivity index is 2.45. The molecule has 0 aliphatic heterocycles. The first-order valence-corrected chi connectivity index (χ1v) is 5.34. The summed E-state index contributed by atoms with van der Waals surface area (Å²) in [4.78, 5) is 3.98. The topological polar surface area (TPSA) is 22.1 Å². The molecule has 1 rings (SSSR count). The SMILES string of the molecule is CC(CCl)COc1cncc(Br)c1. The molecule has 0 aromatic carbocycles. The van der Waals surface area contributed by atoms with Crippen molar-refractivity contribution in [2.45, 2.75) is 6.92 Å². The summed E-state index contributed by atoms with van der Waals surface area (Å²) in [6.45, 7) is 2.67. The maximum absolute atomic E-state index is 5.64. The average molecular weight is 265 g/mol. The van der Waals surface area contributed by atoms with E-state index in [1.807, 2.05) is 13.0 Å². The Morgan fingerprint density at radius 2 is 2.38 bits per heavy atom. The lowest BCUT2D eigenvalue weighted by Gasteiger charge is -2.09. The fourth-order valence-electron chi connectivity index (χ4n) is 0.754. The van der Waals surface area contributed by atoms with Crippen LogP contribution in [0.15, 0.2) is 22.9 Å². The van der Waals surface area contributed by atoms with Crippen LogP contribution in [0, 0.1) is 5.92 Å². The van der Waals surface area contributed by atoms with Crippen molar-refractivity contribution in [2.24, 2.45) is 5.92 Å². The molecule has 0 saturated carbocycles. The van der Waals surface area contributed by atoms with Crippen LogP contribution in [0.3, 0.4) is 0 Å². The monoisotopic (exact) mass is 263 g/mol. The maximum atomic E-state index is 5.64. The summed E-state index contributed by atoms with van der Waals surface area (Å²) in [7, 11) is 0. The normalized spacial score (nSPS) is 12.5. The van der Waals surface area contributed by atoms with Gasteiger partial charge in [-0.2, -0.15) is 0 Å². The van der Waals surface area contributed by atoms with E-state index < -0.39 is 0 Å². The summed E-state index contributed by atoms with van der Waals surface area (Å²) in [6.07, 6.45) is 3.41. The molecule has 0 fully saturated rings. The third kappa shape index (κ3) is 3.96. The van der Waals surface area contributed by atoms with E-state index in [-0.39, 0.29) is 0 Å². The van der Waals surface area contributed by atoms with E-state index >= 15 is 0 Å². The molecular formula is C9H11BrClNO. The molecule has 1 unspecified atom stereocenters. The van der Waals surface area contributed by atoms with Crippen LogP contribution < -0.4 is 4.74 Å². The summed E-state index contributed by atoms with van der Waals surface area (Å²) >= 11 is 8.96. The van der Waals surface area contributed by atoms with Crippen LogP contribution in [-0.4, -0.2) is 17.5 Å². The largest absolute Gasteiger partial charge is 0.492 e. The summed E-state index contributed by atoms with van der Waals surface area (Å²) in [5.74, 6) is 1.74. The first-order chi connectivity index (χ1) is 6.22. The van der Waals surface area contributed by atoms with Gasteiger partial charge in [-0.05, 0) is 22.0 Å². The van der Waals surface area contributed by atoms with Crippen LogP contribution in [0.1, 0.15) is 6.92 Å². The second-order valence-corrected chi connectivity index (χ2v) is 4.13. The molecule has 72 valence electrons. The maximum Gasteiger partial charge on any atom is 0.138 e. The Morgan fingerprint density at radius 1 is 1.62 bits per heavy atom. The van der Waals surface area contributed by atoms with Gasteiger partial charge in [0.05, 0.1) is 12.8 Å². The van der Waals surface area contributed by atoms with Gasteiger partial charge in [0.25, 0.3) is 0 Å². The molecule has 1 aromatic rings. The van der Waals surface area contributed by atoms with Crippen molar-refractivity contribution < 1.29 is 4.74 Å². The standard InChI is InChI=1S/C9H11BrClNO/c1-7(3-11)6-13-9-2-8(10)4-12-5-9/h2,4-5,7H,3,6H2,1H3. The number of hydrogen-bond donors (Lipinski definition) is 0. The summed E-state index contributed by atoms with van der Waals surface area (Å²) in [5.41, 5.74) is 0. The molecule has 1 heterocycles. The van der Waals surface area contributed by atoms with Crippen molar-refractivity contribution in [3.05, 3.63) is 22.9 Å². The zero-order chi connectivity index (χ0) is 9.68. The van der Waals surface area contributed by atoms with Gasteiger partial charge in [-0.15, -0.1) is 11.6 Å². The quantitative estimate of drug-likeness (QED) is 0.780. The van der Waals surface area contributed by atoms with Crippen molar-refractivity contribution in [3.8, 4) is 5.75 Å². The van der Waals surface area contributed by atoms with E-state index in [4.69, 9.17) is 16.3 Å². The number of ether oxygens (including phenoxy) is 1. The number of halogens is 2. The highest BCUT2D eigenvalue weighted by Crippen LogP contribution is 2.16. The van der Waals surface area contributed by atoms with Crippen molar-refractivity contribution in [3.63, 3.8) is 0 Å². The van der Waals surface area contributed by atoms with Crippen LogP contribution >= 0.6 is 27.5 Å². The summed E-state index contributed by atoms with van der Waals surface area (Å²) < 4.78 is 6.38. The van der Waals surface area contributed by atoms with Gasteiger partial charge in [-0.3, -0.25) is 4.98 Å². The molecule has 2 nitrogen and oxygen atoms in total. The molecule has 0 bridgehead atoms. The van der Waals surface area contributed by atoms with Crippen LogP contribution in [-0.2, 0) is 0 Å². The molecule has 1 atom stereocenters. The number of alkyl halides is 1. The van der Waals surface area contributed by atoms with Crippen molar-refractivity contribution in [1.82, 2.24) is 4.98 Å². The van der Waals surface area contributed by atoms with E-state index in [2.05, 4.69) is 20.9 Å². The highest BCUT2D eigenvalue weighted by molar-refractivity contribution is 9.10. The zero-order valence-corrected chi connectivity index (χ0v) is 9.68. The van der Waals surface area contributed by atoms with Gasteiger partial charge in [-0.25, -0.2) is 0 Å². The first-order valence-electron chi connectivity index (χ1n) is 4.01. The molecule has 13 heavy (non-hydrogen) atoms. The van der Waals surface area contributed by atoms with Crippen LogP contribution in [0.4, 0.5) is 0 Å². The molecule has 4 heteroatoms. The molecule has 1 aromatic heterocycles. The van der Waals surface area contributed by atoms with E-state index in [0.29, 0.717) is 18.4 Å². The van der Waals surface area contributed by atoms with Crippen LogP contribution in [0.25, 0.3) is 0 Å². The molecule has 0 amide bonds. The molecule has 0 aliphatic carbocycles. The van der Waals surface area contributed by atoms with Gasteiger partial charge in [0.1, 0.15) is 5.75 Å². The summed E-state index contributed by atoms with van der Waals surface area (Å²) in [6, 6.07) is 1.88. The highest BCUT2D eigenvalue weighted by atomic mass is 79.9. The molecule has 0 saturated heterocycles. The van der Waals surface area contributed by atoms with Crippen LogP contribution in [0.2, 0.25) is 0 Å². The molecule has 0 spiro atoms. The third-order valence-corrected chi connectivity index (χ3v) is 2.44. The van der Waals surface area contributed by atoms with E-state index in [1.54, 1.807) is 12.4 Å².